The summed E-state index contributed by atoms with van der Waals surface area (Å²) in [6.07, 6.45) is 1.83. The molecule has 15 heavy (non-hydrogen) atoms. The van der Waals surface area contributed by atoms with E-state index in [1.165, 1.54) is 11.3 Å². The quantitative estimate of drug-likeness (QED) is 0.745. The molecule has 0 radical (unpaired) electrons. The third kappa shape index (κ3) is 2.33. The van der Waals surface area contributed by atoms with Crippen LogP contribution in [0.4, 0.5) is 0 Å². The number of hydrogen-bond donors (Lipinski definition) is 0. The van der Waals surface area contributed by atoms with Crippen molar-refractivity contribution in [1.29, 1.82) is 0 Å². The van der Waals surface area contributed by atoms with Gasteiger partial charge in [0, 0.05) is 11.1 Å². The molecule has 2 aromatic rings. The summed E-state index contributed by atoms with van der Waals surface area (Å²) in [6.45, 7) is 4.24. The van der Waals surface area contributed by atoms with E-state index in [1.54, 1.807) is 4.68 Å². The lowest BCUT2D eigenvalue weighted by Gasteiger charge is -1.98. The van der Waals surface area contributed by atoms with Crippen molar-refractivity contribution in [3.05, 3.63) is 39.8 Å². The Morgan fingerprint density at radius 3 is 2.73 bits per heavy atom. The van der Waals surface area contributed by atoms with Crippen molar-refractivity contribution in [3.63, 3.8) is 0 Å². The Bertz CT molecular complexity index is 484. The zero-order chi connectivity index (χ0) is 10.8. The molecular formula is C11H12N2OS. The SMILES string of the molecule is Cc1ccn(CC(=O)c2ccc(C)s2)n1. The molecule has 0 spiro atoms. The molecule has 0 fully saturated rings. The Hall–Kier alpha value is -1.42. The highest BCUT2D eigenvalue weighted by Crippen LogP contribution is 2.16. The summed E-state index contributed by atoms with van der Waals surface area (Å²) in [7, 11) is 0. The predicted molar refractivity (Wildman–Crippen MR) is 60.4 cm³/mol. The van der Waals surface area contributed by atoms with Crippen LogP contribution in [0, 0.1) is 13.8 Å². The van der Waals surface area contributed by atoms with Crippen LogP contribution < -0.4 is 0 Å². The smallest absolute Gasteiger partial charge is 0.194 e. The number of carbonyl (C=O) groups is 1. The molecule has 2 rings (SSSR count). The van der Waals surface area contributed by atoms with E-state index in [-0.39, 0.29) is 5.78 Å². The van der Waals surface area contributed by atoms with Crippen molar-refractivity contribution in [2.24, 2.45) is 0 Å². The fourth-order valence-corrected chi connectivity index (χ4v) is 2.16. The average molecular weight is 220 g/mol. The van der Waals surface area contributed by atoms with Gasteiger partial charge < -0.3 is 0 Å². The molecule has 0 aliphatic rings. The Kier molecular flexibility index (Phi) is 2.68. The van der Waals surface area contributed by atoms with Crippen molar-refractivity contribution in [2.45, 2.75) is 20.4 Å². The lowest BCUT2D eigenvalue weighted by molar-refractivity contribution is 0.0971. The maximum atomic E-state index is 11.8. The van der Waals surface area contributed by atoms with Crippen LogP contribution in [-0.2, 0) is 6.54 Å². The number of thiophene rings is 1. The van der Waals surface area contributed by atoms with Crippen LogP contribution in [0.1, 0.15) is 20.2 Å². The normalized spacial score (nSPS) is 10.5. The van der Waals surface area contributed by atoms with Crippen molar-refractivity contribution in [3.8, 4) is 0 Å². The molecule has 0 aromatic carbocycles. The van der Waals surface area contributed by atoms with Gasteiger partial charge in [-0.15, -0.1) is 11.3 Å². The highest BCUT2D eigenvalue weighted by molar-refractivity contribution is 7.14. The second-order valence-electron chi connectivity index (χ2n) is 3.49. The molecule has 0 unspecified atom stereocenters. The third-order valence-corrected chi connectivity index (χ3v) is 3.14. The monoisotopic (exact) mass is 220 g/mol. The molecule has 3 nitrogen and oxygen atoms in total. The van der Waals surface area contributed by atoms with Gasteiger partial charge in [-0.25, -0.2) is 0 Å². The first kappa shape index (κ1) is 10.1. The molecular weight excluding hydrogens is 208 g/mol. The van der Waals surface area contributed by atoms with Gasteiger partial charge in [0.2, 0.25) is 0 Å². The number of carbonyl (C=O) groups excluding carboxylic acids is 1. The number of nitrogens with zero attached hydrogens (tertiary/aromatic N) is 2. The van der Waals surface area contributed by atoms with Crippen LogP contribution in [0.15, 0.2) is 24.4 Å². The van der Waals surface area contributed by atoms with Gasteiger partial charge in [-0.05, 0) is 32.0 Å². The standard InChI is InChI=1S/C11H12N2OS/c1-8-5-6-13(12-8)7-10(14)11-4-3-9(2)15-11/h3-6H,7H2,1-2H3. The van der Waals surface area contributed by atoms with Gasteiger partial charge in [0.25, 0.3) is 0 Å². The van der Waals surface area contributed by atoms with Crippen LogP contribution in [0.2, 0.25) is 0 Å². The van der Waals surface area contributed by atoms with E-state index >= 15 is 0 Å². The van der Waals surface area contributed by atoms with E-state index in [0.29, 0.717) is 6.54 Å². The molecule has 0 saturated carbocycles. The number of aromatic nitrogens is 2. The molecule has 2 heterocycles. The Morgan fingerprint density at radius 1 is 1.40 bits per heavy atom. The summed E-state index contributed by atoms with van der Waals surface area (Å²) in [5.74, 6) is 0.121. The van der Waals surface area contributed by atoms with E-state index < -0.39 is 0 Å². The first-order valence-corrected chi connectivity index (χ1v) is 5.56. The van der Waals surface area contributed by atoms with Crippen LogP contribution in [0.25, 0.3) is 0 Å². The zero-order valence-corrected chi connectivity index (χ0v) is 9.54. The molecule has 0 saturated heterocycles. The lowest BCUT2D eigenvalue weighted by atomic mass is 10.3. The Balaban J connectivity index is 2.10. The van der Waals surface area contributed by atoms with E-state index in [9.17, 15) is 4.79 Å². The van der Waals surface area contributed by atoms with Gasteiger partial charge >= 0.3 is 0 Å². The minimum atomic E-state index is 0.121. The number of ketones is 1. The molecule has 0 atom stereocenters. The number of hydrogen-bond acceptors (Lipinski definition) is 3. The lowest BCUT2D eigenvalue weighted by Crippen LogP contribution is -2.09. The highest BCUT2D eigenvalue weighted by atomic mass is 32.1. The maximum Gasteiger partial charge on any atom is 0.194 e. The Morgan fingerprint density at radius 2 is 2.20 bits per heavy atom. The van der Waals surface area contributed by atoms with E-state index in [4.69, 9.17) is 0 Å². The molecule has 0 amide bonds. The van der Waals surface area contributed by atoms with Gasteiger partial charge in [0.1, 0.15) is 6.54 Å². The molecule has 0 aliphatic heterocycles. The van der Waals surface area contributed by atoms with Gasteiger partial charge in [0.05, 0.1) is 10.6 Å². The predicted octanol–water partition coefficient (Wildman–Crippen LogP) is 2.44. The summed E-state index contributed by atoms with van der Waals surface area (Å²) in [6, 6.07) is 5.73. The molecule has 4 heteroatoms. The van der Waals surface area contributed by atoms with Crippen molar-refractivity contribution >= 4 is 17.1 Å². The minimum absolute atomic E-state index is 0.121. The summed E-state index contributed by atoms with van der Waals surface area (Å²) >= 11 is 1.53. The fraction of sp³-hybridized carbons (Fsp3) is 0.273. The van der Waals surface area contributed by atoms with Crippen molar-refractivity contribution in [1.82, 2.24) is 9.78 Å². The molecule has 0 bridgehead atoms. The van der Waals surface area contributed by atoms with Gasteiger partial charge in [-0.3, -0.25) is 9.48 Å². The number of aryl methyl sites for hydroxylation is 2. The second-order valence-corrected chi connectivity index (χ2v) is 4.78. The van der Waals surface area contributed by atoms with Gasteiger partial charge in [-0.2, -0.15) is 5.10 Å². The summed E-state index contributed by atoms with van der Waals surface area (Å²) in [5, 5.41) is 4.18. The average Bonchev–Trinajstić information content (AvgIpc) is 2.75. The van der Waals surface area contributed by atoms with E-state index in [0.717, 1.165) is 15.4 Å². The van der Waals surface area contributed by atoms with Crippen LogP contribution in [0.3, 0.4) is 0 Å². The molecule has 2 aromatic heterocycles. The fourth-order valence-electron chi connectivity index (χ4n) is 1.36. The highest BCUT2D eigenvalue weighted by Gasteiger charge is 2.09. The first-order valence-electron chi connectivity index (χ1n) is 4.75. The van der Waals surface area contributed by atoms with E-state index in [1.807, 2.05) is 38.2 Å². The van der Waals surface area contributed by atoms with Gasteiger partial charge in [0.15, 0.2) is 5.78 Å². The second kappa shape index (κ2) is 3.98. The number of Topliss-reactive ketones (excluding diaryl/α,β-unsaturated/α-hetero) is 1. The minimum Gasteiger partial charge on any atom is -0.291 e. The molecule has 78 valence electrons. The van der Waals surface area contributed by atoms with Crippen LogP contribution >= 0.6 is 11.3 Å². The van der Waals surface area contributed by atoms with Gasteiger partial charge in [-0.1, -0.05) is 0 Å². The largest absolute Gasteiger partial charge is 0.291 e. The summed E-state index contributed by atoms with van der Waals surface area (Å²) in [5.41, 5.74) is 0.935. The van der Waals surface area contributed by atoms with Crippen LogP contribution in [-0.4, -0.2) is 15.6 Å². The first-order chi connectivity index (χ1) is 7.15. The molecule has 0 N–H and O–H groups in total. The Labute approximate surface area is 92.4 Å². The van der Waals surface area contributed by atoms with Crippen molar-refractivity contribution < 1.29 is 4.79 Å². The molecule has 0 aliphatic carbocycles. The summed E-state index contributed by atoms with van der Waals surface area (Å²) < 4.78 is 1.67. The third-order valence-electron chi connectivity index (χ3n) is 2.09. The topological polar surface area (TPSA) is 34.9 Å². The summed E-state index contributed by atoms with van der Waals surface area (Å²) in [4.78, 5) is 13.8. The maximum absolute atomic E-state index is 11.8. The number of rotatable bonds is 3. The van der Waals surface area contributed by atoms with E-state index in [2.05, 4.69) is 5.10 Å². The van der Waals surface area contributed by atoms with Crippen molar-refractivity contribution in [2.75, 3.05) is 0 Å². The van der Waals surface area contributed by atoms with Crippen LogP contribution in [0.5, 0.6) is 0 Å². The zero-order valence-electron chi connectivity index (χ0n) is 8.73.